The lowest BCUT2D eigenvalue weighted by Gasteiger charge is -2.24. The second-order valence-electron chi connectivity index (χ2n) is 3.06. The van der Waals surface area contributed by atoms with Crippen LogP contribution < -0.4 is 5.32 Å². The molecule has 0 aromatic rings. The van der Waals surface area contributed by atoms with Crippen molar-refractivity contribution < 1.29 is 14.3 Å². The van der Waals surface area contributed by atoms with Crippen molar-refractivity contribution in [2.75, 3.05) is 7.11 Å². The zero-order valence-corrected chi connectivity index (χ0v) is 7.29. The van der Waals surface area contributed by atoms with Gasteiger partial charge in [-0.25, -0.2) is 0 Å². The molecule has 2 atom stereocenters. The van der Waals surface area contributed by atoms with Gasteiger partial charge in [0.05, 0.1) is 7.11 Å². The minimum Gasteiger partial charge on any atom is -0.468 e. The van der Waals surface area contributed by atoms with Gasteiger partial charge in [-0.1, -0.05) is 0 Å². The van der Waals surface area contributed by atoms with Crippen LogP contribution in [0, 0.1) is 5.92 Å². The van der Waals surface area contributed by atoms with Gasteiger partial charge < -0.3 is 10.1 Å². The molecule has 0 aromatic heterocycles. The molecule has 1 heterocycles. The third-order valence-electron chi connectivity index (χ3n) is 2.08. The van der Waals surface area contributed by atoms with E-state index in [-0.39, 0.29) is 11.9 Å². The number of piperidine rings is 1. The molecule has 1 fully saturated rings. The van der Waals surface area contributed by atoms with Gasteiger partial charge in [0.25, 0.3) is 0 Å². The molecule has 0 saturated carbocycles. The largest absolute Gasteiger partial charge is 0.468 e. The Morgan fingerprint density at radius 2 is 2.25 bits per heavy atom. The Hall–Kier alpha value is -1.06. The fourth-order valence-corrected chi connectivity index (χ4v) is 1.33. The van der Waals surface area contributed by atoms with Crippen molar-refractivity contribution in [2.24, 2.45) is 5.92 Å². The second-order valence-corrected chi connectivity index (χ2v) is 3.06. The number of rotatable bonds is 1. The molecule has 4 nitrogen and oxygen atoms in total. The second kappa shape index (κ2) is 3.56. The molecule has 1 amide bonds. The van der Waals surface area contributed by atoms with Crippen LogP contribution >= 0.6 is 0 Å². The van der Waals surface area contributed by atoms with Crippen molar-refractivity contribution in [3.63, 3.8) is 0 Å². The molecule has 0 aromatic carbocycles. The van der Waals surface area contributed by atoms with Crippen LogP contribution in [0.1, 0.15) is 19.8 Å². The van der Waals surface area contributed by atoms with E-state index in [9.17, 15) is 9.59 Å². The summed E-state index contributed by atoms with van der Waals surface area (Å²) in [6.07, 6.45) is 1.44. The van der Waals surface area contributed by atoms with E-state index in [1.807, 2.05) is 6.92 Å². The Bertz CT molecular complexity index is 202. The van der Waals surface area contributed by atoms with E-state index in [2.05, 4.69) is 10.1 Å². The van der Waals surface area contributed by atoms with Crippen molar-refractivity contribution >= 4 is 11.9 Å². The first-order valence-electron chi connectivity index (χ1n) is 4.03. The van der Waals surface area contributed by atoms with Gasteiger partial charge in [-0.15, -0.1) is 0 Å². The molecule has 0 bridgehead atoms. The number of methoxy groups -OCH3 is 1. The normalized spacial score (nSPS) is 29.3. The van der Waals surface area contributed by atoms with Crippen LogP contribution in [-0.2, 0) is 14.3 Å². The number of hydrogen-bond donors (Lipinski definition) is 1. The first-order valence-corrected chi connectivity index (χ1v) is 4.03. The maximum atomic E-state index is 11.2. The predicted molar refractivity (Wildman–Crippen MR) is 42.3 cm³/mol. The number of ether oxygens (including phenoxy) is 1. The Labute approximate surface area is 71.3 Å². The molecule has 1 saturated heterocycles. The molecule has 0 aliphatic carbocycles. The highest BCUT2D eigenvalue weighted by Crippen LogP contribution is 2.16. The van der Waals surface area contributed by atoms with Gasteiger partial charge in [0.1, 0.15) is 5.92 Å². The SMILES string of the molecule is COC(=O)C1CCC(C)NC1=O. The summed E-state index contributed by atoms with van der Waals surface area (Å²) >= 11 is 0. The number of hydrogen-bond acceptors (Lipinski definition) is 3. The fourth-order valence-electron chi connectivity index (χ4n) is 1.33. The van der Waals surface area contributed by atoms with E-state index in [0.717, 1.165) is 6.42 Å². The zero-order valence-electron chi connectivity index (χ0n) is 7.29. The van der Waals surface area contributed by atoms with Gasteiger partial charge in [0.2, 0.25) is 5.91 Å². The third-order valence-corrected chi connectivity index (χ3v) is 2.08. The first-order chi connectivity index (χ1) is 5.65. The molecular formula is C8H13NO3. The zero-order chi connectivity index (χ0) is 9.14. The highest BCUT2D eigenvalue weighted by Gasteiger charge is 2.32. The van der Waals surface area contributed by atoms with E-state index in [1.165, 1.54) is 7.11 Å². The summed E-state index contributed by atoms with van der Waals surface area (Å²) in [5, 5.41) is 2.70. The van der Waals surface area contributed by atoms with Gasteiger partial charge >= 0.3 is 5.97 Å². The lowest BCUT2D eigenvalue weighted by Crippen LogP contribution is -2.45. The predicted octanol–water partition coefficient (Wildman–Crippen LogP) is 0.0741. The van der Waals surface area contributed by atoms with Crippen LogP contribution in [0.4, 0.5) is 0 Å². The fraction of sp³-hybridized carbons (Fsp3) is 0.750. The quantitative estimate of drug-likeness (QED) is 0.449. The summed E-state index contributed by atoms with van der Waals surface area (Å²) in [6.45, 7) is 1.92. The number of nitrogens with one attached hydrogen (secondary N) is 1. The summed E-state index contributed by atoms with van der Waals surface area (Å²) in [7, 11) is 1.30. The summed E-state index contributed by atoms with van der Waals surface area (Å²) < 4.78 is 4.50. The third kappa shape index (κ3) is 1.75. The molecule has 4 heteroatoms. The molecule has 1 aliphatic heterocycles. The van der Waals surface area contributed by atoms with E-state index in [1.54, 1.807) is 0 Å². The number of carbonyl (C=O) groups is 2. The van der Waals surface area contributed by atoms with Gasteiger partial charge in [0.15, 0.2) is 0 Å². The summed E-state index contributed by atoms with van der Waals surface area (Å²) in [6, 6.07) is 0.179. The topological polar surface area (TPSA) is 55.4 Å². The van der Waals surface area contributed by atoms with Gasteiger partial charge in [-0.3, -0.25) is 9.59 Å². The van der Waals surface area contributed by atoms with Crippen LogP contribution in [0.2, 0.25) is 0 Å². The molecule has 1 rings (SSSR count). The maximum Gasteiger partial charge on any atom is 0.318 e. The van der Waals surface area contributed by atoms with Crippen molar-refractivity contribution in [3.05, 3.63) is 0 Å². The first kappa shape index (κ1) is 9.03. The van der Waals surface area contributed by atoms with E-state index >= 15 is 0 Å². The van der Waals surface area contributed by atoms with Crippen LogP contribution in [0.25, 0.3) is 0 Å². The molecule has 2 unspecified atom stereocenters. The molecule has 1 N–H and O–H groups in total. The number of esters is 1. The smallest absolute Gasteiger partial charge is 0.318 e. The molecule has 1 aliphatic rings. The molecule has 0 spiro atoms. The van der Waals surface area contributed by atoms with Gasteiger partial charge in [0, 0.05) is 6.04 Å². The Kier molecular flexibility index (Phi) is 2.68. The van der Waals surface area contributed by atoms with Gasteiger partial charge in [-0.2, -0.15) is 0 Å². The van der Waals surface area contributed by atoms with Crippen LogP contribution in [-0.4, -0.2) is 25.0 Å². The highest BCUT2D eigenvalue weighted by atomic mass is 16.5. The Morgan fingerprint density at radius 1 is 1.58 bits per heavy atom. The average Bonchev–Trinajstić information content (AvgIpc) is 2.03. The minimum absolute atomic E-state index is 0.179. The average molecular weight is 171 g/mol. The lowest BCUT2D eigenvalue weighted by molar-refractivity contribution is -0.151. The standard InChI is InChI=1S/C8H13NO3/c1-5-3-4-6(7(10)9-5)8(11)12-2/h5-6H,3-4H2,1-2H3,(H,9,10). The molecule has 12 heavy (non-hydrogen) atoms. The van der Waals surface area contributed by atoms with E-state index in [0.29, 0.717) is 6.42 Å². The molecule has 0 radical (unpaired) electrons. The number of amides is 1. The summed E-state index contributed by atoms with van der Waals surface area (Å²) in [5.74, 6) is -1.23. The summed E-state index contributed by atoms with van der Waals surface area (Å²) in [5.41, 5.74) is 0. The lowest BCUT2D eigenvalue weighted by atomic mass is 9.95. The van der Waals surface area contributed by atoms with Crippen molar-refractivity contribution in [1.82, 2.24) is 5.32 Å². The van der Waals surface area contributed by atoms with Crippen molar-refractivity contribution in [3.8, 4) is 0 Å². The Balaban J connectivity index is 2.56. The number of carbonyl (C=O) groups excluding carboxylic acids is 2. The molecule has 68 valence electrons. The van der Waals surface area contributed by atoms with Crippen LogP contribution in [0.15, 0.2) is 0 Å². The highest BCUT2D eigenvalue weighted by molar-refractivity contribution is 5.98. The van der Waals surface area contributed by atoms with Crippen LogP contribution in [0.5, 0.6) is 0 Å². The van der Waals surface area contributed by atoms with Crippen LogP contribution in [0.3, 0.4) is 0 Å². The van der Waals surface area contributed by atoms with E-state index in [4.69, 9.17) is 0 Å². The van der Waals surface area contributed by atoms with Crippen molar-refractivity contribution in [2.45, 2.75) is 25.8 Å². The minimum atomic E-state index is -0.591. The molecular weight excluding hydrogens is 158 g/mol. The maximum absolute atomic E-state index is 11.2. The summed E-state index contributed by atoms with van der Waals surface area (Å²) in [4.78, 5) is 22.2. The van der Waals surface area contributed by atoms with Crippen molar-refractivity contribution in [1.29, 1.82) is 0 Å². The monoisotopic (exact) mass is 171 g/mol. The van der Waals surface area contributed by atoms with E-state index < -0.39 is 11.9 Å². The van der Waals surface area contributed by atoms with Gasteiger partial charge in [-0.05, 0) is 19.8 Å². The Morgan fingerprint density at radius 3 is 2.75 bits per heavy atom.